The van der Waals surface area contributed by atoms with Crippen molar-refractivity contribution in [2.24, 2.45) is 0 Å². The number of urea groups is 1. The molecule has 2 aliphatic heterocycles. The lowest BCUT2D eigenvalue weighted by Gasteiger charge is -2.33. The van der Waals surface area contributed by atoms with Crippen molar-refractivity contribution in [1.29, 1.82) is 0 Å². The summed E-state index contributed by atoms with van der Waals surface area (Å²) in [6.45, 7) is 4.67. The topological polar surface area (TPSA) is 54.0 Å². The molecular formula is C23H29N3O3. The van der Waals surface area contributed by atoms with Crippen LogP contribution >= 0.6 is 0 Å². The van der Waals surface area contributed by atoms with Gasteiger partial charge < -0.3 is 19.7 Å². The minimum absolute atomic E-state index is 0.0265. The average molecular weight is 396 g/mol. The molecule has 29 heavy (non-hydrogen) atoms. The largest absolute Gasteiger partial charge is 0.486 e. The van der Waals surface area contributed by atoms with Crippen LogP contribution in [-0.2, 0) is 13.1 Å². The Bertz CT molecular complexity index is 819. The van der Waals surface area contributed by atoms with Gasteiger partial charge >= 0.3 is 6.03 Å². The maximum Gasteiger partial charge on any atom is 0.317 e. The first kappa shape index (κ1) is 19.6. The van der Waals surface area contributed by atoms with E-state index >= 15 is 0 Å². The van der Waals surface area contributed by atoms with Crippen molar-refractivity contribution in [3.05, 3.63) is 59.7 Å². The summed E-state index contributed by atoms with van der Waals surface area (Å²) in [5, 5.41) is 3.19. The highest BCUT2D eigenvalue weighted by Crippen LogP contribution is 2.31. The summed E-state index contributed by atoms with van der Waals surface area (Å²) < 4.78 is 11.2. The molecule has 1 saturated heterocycles. The van der Waals surface area contributed by atoms with Crippen LogP contribution in [0.2, 0.25) is 0 Å². The van der Waals surface area contributed by atoms with Gasteiger partial charge in [0, 0.05) is 39.3 Å². The number of hydrogen-bond acceptors (Lipinski definition) is 4. The highest BCUT2D eigenvalue weighted by atomic mass is 16.6. The Morgan fingerprint density at radius 2 is 1.76 bits per heavy atom. The lowest BCUT2D eigenvalue weighted by molar-refractivity contribution is 0.170. The molecule has 6 heteroatoms. The highest BCUT2D eigenvalue weighted by molar-refractivity contribution is 5.74. The number of carbonyl (C=O) groups excluding carboxylic acids is 1. The maximum absolute atomic E-state index is 12.6. The van der Waals surface area contributed by atoms with Crippen LogP contribution in [-0.4, -0.2) is 55.2 Å². The van der Waals surface area contributed by atoms with Crippen LogP contribution in [0.4, 0.5) is 4.79 Å². The molecule has 0 atom stereocenters. The Morgan fingerprint density at radius 3 is 2.52 bits per heavy atom. The molecule has 1 fully saturated rings. The second-order valence-electron chi connectivity index (χ2n) is 7.82. The van der Waals surface area contributed by atoms with Gasteiger partial charge in [-0.1, -0.05) is 36.4 Å². The number of hydrogen-bond donors (Lipinski definition) is 1. The molecule has 0 bridgehead atoms. The molecule has 2 aliphatic rings. The number of nitrogens with one attached hydrogen (secondary N) is 1. The monoisotopic (exact) mass is 395 g/mol. The van der Waals surface area contributed by atoms with Gasteiger partial charge in [0.25, 0.3) is 0 Å². The Morgan fingerprint density at radius 1 is 1.03 bits per heavy atom. The van der Waals surface area contributed by atoms with Crippen molar-refractivity contribution in [2.45, 2.75) is 32.0 Å². The minimum atomic E-state index is -0.0265. The zero-order valence-electron chi connectivity index (χ0n) is 17.0. The second-order valence-corrected chi connectivity index (χ2v) is 7.82. The van der Waals surface area contributed by atoms with Gasteiger partial charge in [-0.15, -0.1) is 0 Å². The van der Waals surface area contributed by atoms with Crippen molar-refractivity contribution >= 4 is 6.03 Å². The maximum atomic E-state index is 12.6. The predicted molar refractivity (Wildman–Crippen MR) is 112 cm³/mol. The molecule has 2 heterocycles. The first-order valence-corrected chi connectivity index (χ1v) is 10.3. The number of carbonyl (C=O) groups is 1. The summed E-state index contributed by atoms with van der Waals surface area (Å²) in [7, 11) is 1.83. The van der Waals surface area contributed by atoms with Gasteiger partial charge in [-0.3, -0.25) is 4.90 Å². The molecule has 154 valence electrons. The van der Waals surface area contributed by atoms with E-state index in [4.69, 9.17) is 9.47 Å². The Balaban J connectivity index is 1.23. The van der Waals surface area contributed by atoms with Crippen molar-refractivity contribution in [3.63, 3.8) is 0 Å². The third-order valence-electron chi connectivity index (χ3n) is 5.54. The van der Waals surface area contributed by atoms with Gasteiger partial charge in [-0.2, -0.15) is 0 Å². The lowest BCUT2D eigenvalue weighted by atomic mass is 10.0. The molecule has 0 radical (unpaired) electrons. The van der Waals surface area contributed by atoms with E-state index < -0.39 is 0 Å². The number of amides is 2. The van der Waals surface area contributed by atoms with Gasteiger partial charge in [-0.05, 0) is 36.1 Å². The van der Waals surface area contributed by atoms with E-state index in [0.717, 1.165) is 49.5 Å². The molecule has 0 aromatic heterocycles. The van der Waals surface area contributed by atoms with Gasteiger partial charge in [0.15, 0.2) is 11.5 Å². The highest BCUT2D eigenvalue weighted by Gasteiger charge is 2.22. The first-order chi connectivity index (χ1) is 14.2. The van der Waals surface area contributed by atoms with E-state index in [9.17, 15) is 4.79 Å². The molecule has 2 amide bonds. The summed E-state index contributed by atoms with van der Waals surface area (Å²) in [6, 6.07) is 16.6. The van der Waals surface area contributed by atoms with Crippen molar-refractivity contribution < 1.29 is 14.3 Å². The molecule has 4 rings (SSSR count). The minimum Gasteiger partial charge on any atom is -0.486 e. The SMILES string of the molecule is CN(Cc1ccc2c(c1)OCCO2)C(=O)NC1CCN(Cc2ccccc2)CC1. The van der Waals surface area contributed by atoms with Gasteiger partial charge in [0.2, 0.25) is 0 Å². The zero-order valence-corrected chi connectivity index (χ0v) is 17.0. The van der Waals surface area contributed by atoms with E-state index in [1.807, 2.05) is 31.3 Å². The molecule has 0 saturated carbocycles. The predicted octanol–water partition coefficient (Wildman–Crippen LogP) is 3.26. The zero-order chi connectivity index (χ0) is 20.1. The second kappa shape index (κ2) is 9.18. The summed E-state index contributed by atoms with van der Waals surface area (Å²) in [6.07, 6.45) is 1.97. The molecule has 2 aromatic carbocycles. The molecule has 0 spiro atoms. The van der Waals surface area contributed by atoms with E-state index in [1.165, 1.54) is 5.56 Å². The van der Waals surface area contributed by atoms with Crippen LogP contribution in [0, 0.1) is 0 Å². The van der Waals surface area contributed by atoms with Gasteiger partial charge in [0.05, 0.1) is 0 Å². The van der Waals surface area contributed by atoms with E-state index in [2.05, 4.69) is 34.5 Å². The van der Waals surface area contributed by atoms with E-state index in [-0.39, 0.29) is 12.1 Å². The number of piperidine rings is 1. The quantitative estimate of drug-likeness (QED) is 0.844. The summed E-state index contributed by atoms with van der Waals surface area (Å²) in [5.41, 5.74) is 2.37. The molecule has 0 unspecified atom stereocenters. The van der Waals surface area contributed by atoms with Crippen LogP contribution < -0.4 is 14.8 Å². The number of rotatable bonds is 5. The van der Waals surface area contributed by atoms with Gasteiger partial charge in [-0.25, -0.2) is 4.79 Å². The molecular weight excluding hydrogens is 366 g/mol. The summed E-state index contributed by atoms with van der Waals surface area (Å²) >= 11 is 0. The van der Waals surface area contributed by atoms with Crippen molar-refractivity contribution in [3.8, 4) is 11.5 Å². The summed E-state index contributed by atoms with van der Waals surface area (Å²) in [5.74, 6) is 1.53. The standard InChI is InChI=1S/C23H29N3O3/c1-25(16-19-7-8-21-22(15-19)29-14-13-28-21)23(27)24-20-9-11-26(12-10-20)17-18-5-3-2-4-6-18/h2-8,15,20H,9-14,16-17H2,1H3,(H,24,27). The third-order valence-corrected chi connectivity index (χ3v) is 5.54. The number of fused-ring (bicyclic) bond motifs is 1. The molecule has 0 aliphatic carbocycles. The van der Waals surface area contributed by atoms with E-state index in [1.54, 1.807) is 4.90 Å². The number of ether oxygens (including phenoxy) is 2. The molecule has 2 aromatic rings. The summed E-state index contributed by atoms with van der Waals surface area (Å²) in [4.78, 5) is 16.8. The molecule has 6 nitrogen and oxygen atoms in total. The fourth-order valence-electron chi connectivity index (χ4n) is 3.89. The van der Waals surface area contributed by atoms with Gasteiger partial charge in [0.1, 0.15) is 13.2 Å². The Labute approximate surface area is 172 Å². The number of nitrogens with zero attached hydrogens (tertiary/aromatic N) is 2. The van der Waals surface area contributed by atoms with E-state index in [0.29, 0.717) is 19.8 Å². The van der Waals surface area contributed by atoms with Crippen LogP contribution in [0.15, 0.2) is 48.5 Å². The van der Waals surface area contributed by atoms with Crippen molar-refractivity contribution in [2.75, 3.05) is 33.4 Å². The van der Waals surface area contributed by atoms with Crippen LogP contribution in [0.3, 0.4) is 0 Å². The van der Waals surface area contributed by atoms with Crippen LogP contribution in [0.5, 0.6) is 11.5 Å². The lowest BCUT2D eigenvalue weighted by Crippen LogP contribution is -2.48. The average Bonchev–Trinajstić information content (AvgIpc) is 2.76. The Kier molecular flexibility index (Phi) is 6.20. The number of benzene rings is 2. The first-order valence-electron chi connectivity index (χ1n) is 10.3. The van der Waals surface area contributed by atoms with Crippen molar-refractivity contribution in [1.82, 2.24) is 15.1 Å². The third kappa shape index (κ3) is 5.21. The molecule has 1 N–H and O–H groups in total. The fourth-order valence-corrected chi connectivity index (χ4v) is 3.89. The smallest absolute Gasteiger partial charge is 0.317 e. The van der Waals surface area contributed by atoms with Crippen LogP contribution in [0.25, 0.3) is 0 Å². The van der Waals surface area contributed by atoms with Crippen LogP contribution in [0.1, 0.15) is 24.0 Å². The fraction of sp³-hybridized carbons (Fsp3) is 0.435. The Hall–Kier alpha value is -2.73. The normalized spacial score (nSPS) is 17.0. The number of likely N-dealkylation sites (tertiary alicyclic amines) is 1.